The number of thiophene rings is 1. The predicted octanol–water partition coefficient (Wildman–Crippen LogP) is 4.34. The molecule has 0 bridgehead atoms. The lowest BCUT2D eigenvalue weighted by atomic mass is 9.98. The Hall–Kier alpha value is -0.380. The number of rotatable bonds is 7. The molecule has 2 rings (SSSR count). The fraction of sp³-hybridized carbons (Fsp3) is 0.765. The second-order valence-corrected chi connectivity index (χ2v) is 7.37. The highest BCUT2D eigenvalue weighted by Crippen LogP contribution is 2.33. The minimum Gasteiger partial charge on any atom is -0.380 e. The van der Waals surface area contributed by atoms with Crippen LogP contribution in [0.1, 0.15) is 61.9 Å². The van der Waals surface area contributed by atoms with Crippen molar-refractivity contribution in [3.05, 3.63) is 21.4 Å². The molecule has 0 aliphatic heterocycles. The molecule has 3 heteroatoms. The van der Waals surface area contributed by atoms with Crippen LogP contribution in [0.2, 0.25) is 0 Å². The van der Waals surface area contributed by atoms with Crippen molar-refractivity contribution in [1.82, 2.24) is 5.32 Å². The Morgan fingerprint density at radius 2 is 2.00 bits per heavy atom. The summed E-state index contributed by atoms with van der Waals surface area (Å²) in [4.78, 5) is 3.13. The largest absolute Gasteiger partial charge is 0.380 e. The van der Waals surface area contributed by atoms with E-state index in [0.717, 1.165) is 13.2 Å². The van der Waals surface area contributed by atoms with Crippen LogP contribution >= 0.6 is 11.3 Å². The second kappa shape index (κ2) is 7.58. The fourth-order valence-electron chi connectivity index (χ4n) is 2.81. The van der Waals surface area contributed by atoms with Crippen LogP contribution in [0.3, 0.4) is 0 Å². The summed E-state index contributed by atoms with van der Waals surface area (Å²) in [5.41, 5.74) is 1.61. The zero-order chi connectivity index (χ0) is 14.5. The van der Waals surface area contributed by atoms with Crippen LogP contribution in [0.4, 0.5) is 0 Å². The fourth-order valence-corrected chi connectivity index (χ4v) is 4.08. The molecule has 1 heterocycles. The third-order valence-electron chi connectivity index (χ3n) is 4.21. The Kier molecular flexibility index (Phi) is 6.06. The van der Waals surface area contributed by atoms with Gasteiger partial charge in [0, 0.05) is 28.4 Å². The molecule has 0 aromatic carbocycles. The van der Waals surface area contributed by atoms with Gasteiger partial charge in [0.15, 0.2) is 0 Å². The molecule has 20 heavy (non-hydrogen) atoms. The molecule has 0 amide bonds. The lowest BCUT2D eigenvalue weighted by Gasteiger charge is -2.25. The molecule has 114 valence electrons. The average molecular weight is 295 g/mol. The van der Waals surface area contributed by atoms with Gasteiger partial charge in [-0.3, -0.25) is 0 Å². The summed E-state index contributed by atoms with van der Waals surface area (Å²) in [6, 6.07) is 3.30. The van der Waals surface area contributed by atoms with Crippen LogP contribution in [0, 0.1) is 5.92 Å². The van der Waals surface area contributed by atoms with Crippen molar-refractivity contribution in [3.63, 3.8) is 0 Å². The van der Waals surface area contributed by atoms with Gasteiger partial charge in [-0.15, -0.1) is 11.3 Å². The highest BCUT2D eigenvalue weighted by molar-refractivity contribution is 7.12. The van der Waals surface area contributed by atoms with E-state index in [4.69, 9.17) is 4.74 Å². The molecule has 0 saturated heterocycles. The number of nitrogens with one attached hydrogen (secondary N) is 1. The Morgan fingerprint density at radius 3 is 2.65 bits per heavy atom. The third kappa shape index (κ3) is 4.06. The number of ether oxygens (including phenoxy) is 1. The number of aryl methyl sites for hydroxylation is 2. The molecule has 2 atom stereocenters. The summed E-state index contributed by atoms with van der Waals surface area (Å²) in [5, 5.41) is 3.76. The van der Waals surface area contributed by atoms with Crippen molar-refractivity contribution in [3.8, 4) is 0 Å². The molecule has 1 aliphatic carbocycles. The van der Waals surface area contributed by atoms with E-state index in [-0.39, 0.29) is 0 Å². The van der Waals surface area contributed by atoms with E-state index in [1.165, 1.54) is 30.6 Å². The van der Waals surface area contributed by atoms with E-state index in [0.29, 0.717) is 18.0 Å². The minimum atomic E-state index is 0.429. The van der Waals surface area contributed by atoms with E-state index in [1.807, 2.05) is 11.3 Å². The monoisotopic (exact) mass is 295 g/mol. The standard InChI is InChI=1S/C17H29NOS/c1-5-19-11-15(12(2)3)18-13(4)17-10-14-8-6-7-9-16(14)20-17/h10,12-13,15,18H,5-9,11H2,1-4H3. The van der Waals surface area contributed by atoms with Crippen LogP contribution in [0.15, 0.2) is 6.07 Å². The quantitative estimate of drug-likeness (QED) is 0.808. The smallest absolute Gasteiger partial charge is 0.0622 e. The molecule has 1 N–H and O–H groups in total. The highest BCUT2D eigenvalue weighted by Gasteiger charge is 2.20. The van der Waals surface area contributed by atoms with Gasteiger partial charge >= 0.3 is 0 Å². The molecule has 0 fully saturated rings. The SMILES string of the molecule is CCOCC(NC(C)c1cc2c(s1)CCCC2)C(C)C. The maximum Gasteiger partial charge on any atom is 0.0622 e. The molecular weight excluding hydrogens is 266 g/mol. The van der Waals surface area contributed by atoms with Crippen molar-refractivity contribution in [2.45, 2.75) is 65.5 Å². The molecule has 0 radical (unpaired) electrons. The van der Waals surface area contributed by atoms with Crippen LogP contribution in [-0.4, -0.2) is 19.3 Å². The van der Waals surface area contributed by atoms with Gasteiger partial charge in [-0.25, -0.2) is 0 Å². The number of hydrogen-bond acceptors (Lipinski definition) is 3. The van der Waals surface area contributed by atoms with E-state index < -0.39 is 0 Å². The first-order valence-electron chi connectivity index (χ1n) is 8.07. The topological polar surface area (TPSA) is 21.3 Å². The van der Waals surface area contributed by atoms with E-state index >= 15 is 0 Å². The van der Waals surface area contributed by atoms with E-state index in [9.17, 15) is 0 Å². The summed E-state index contributed by atoms with van der Waals surface area (Å²) in [7, 11) is 0. The molecule has 1 aromatic heterocycles. The minimum absolute atomic E-state index is 0.429. The van der Waals surface area contributed by atoms with Gasteiger partial charge in [0.25, 0.3) is 0 Å². The summed E-state index contributed by atoms with van der Waals surface area (Å²) in [6.45, 7) is 10.5. The van der Waals surface area contributed by atoms with E-state index in [2.05, 4.69) is 39.1 Å². The molecule has 0 spiro atoms. The molecule has 2 nitrogen and oxygen atoms in total. The van der Waals surface area contributed by atoms with Gasteiger partial charge in [-0.2, -0.15) is 0 Å². The Labute approximate surface area is 127 Å². The zero-order valence-electron chi connectivity index (χ0n) is 13.4. The highest BCUT2D eigenvalue weighted by atomic mass is 32.1. The first-order chi connectivity index (χ1) is 9.61. The normalized spacial score (nSPS) is 18.1. The van der Waals surface area contributed by atoms with E-state index in [1.54, 1.807) is 10.4 Å². The van der Waals surface area contributed by atoms with Gasteiger partial charge in [0.1, 0.15) is 0 Å². The van der Waals surface area contributed by atoms with Gasteiger partial charge in [-0.05, 0) is 57.1 Å². The Balaban J connectivity index is 1.98. The van der Waals surface area contributed by atoms with Gasteiger partial charge in [0.05, 0.1) is 6.61 Å². The Morgan fingerprint density at radius 1 is 1.25 bits per heavy atom. The predicted molar refractivity (Wildman–Crippen MR) is 87.6 cm³/mol. The van der Waals surface area contributed by atoms with Crippen LogP contribution in [-0.2, 0) is 17.6 Å². The molecule has 2 unspecified atom stereocenters. The van der Waals surface area contributed by atoms with Crippen molar-refractivity contribution < 1.29 is 4.74 Å². The van der Waals surface area contributed by atoms with Crippen LogP contribution in [0.25, 0.3) is 0 Å². The zero-order valence-corrected chi connectivity index (χ0v) is 14.2. The van der Waals surface area contributed by atoms with Gasteiger partial charge < -0.3 is 10.1 Å². The average Bonchev–Trinajstić information content (AvgIpc) is 2.86. The maximum atomic E-state index is 5.62. The molecule has 1 aromatic rings. The number of fused-ring (bicyclic) bond motifs is 1. The summed E-state index contributed by atoms with van der Waals surface area (Å²) >= 11 is 2.02. The summed E-state index contributed by atoms with van der Waals surface area (Å²) in [6.07, 6.45) is 5.31. The van der Waals surface area contributed by atoms with Gasteiger partial charge in [0.2, 0.25) is 0 Å². The summed E-state index contributed by atoms with van der Waals surface area (Å²) < 4.78 is 5.62. The number of hydrogen-bond donors (Lipinski definition) is 1. The van der Waals surface area contributed by atoms with Crippen LogP contribution < -0.4 is 5.32 Å². The Bertz CT molecular complexity index is 390. The molecule has 1 aliphatic rings. The first-order valence-corrected chi connectivity index (χ1v) is 8.88. The van der Waals surface area contributed by atoms with Crippen molar-refractivity contribution in [1.29, 1.82) is 0 Å². The maximum absolute atomic E-state index is 5.62. The lowest BCUT2D eigenvalue weighted by molar-refractivity contribution is 0.104. The van der Waals surface area contributed by atoms with Crippen molar-refractivity contribution in [2.24, 2.45) is 5.92 Å². The molecular formula is C17H29NOS. The van der Waals surface area contributed by atoms with Gasteiger partial charge in [-0.1, -0.05) is 13.8 Å². The lowest BCUT2D eigenvalue weighted by Crippen LogP contribution is -2.39. The van der Waals surface area contributed by atoms with Crippen LogP contribution in [0.5, 0.6) is 0 Å². The third-order valence-corrected chi connectivity index (χ3v) is 5.63. The molecule has 0 saturated carbocycles. The van der Waals surface area contributed by atoms with Crippen molar-refractivity contribution >= 4 is 11.3 Å². The van der Waals surface area contributed by atoms with Crippen molar-refractivity contribution in [2.75, 3.05) is 13.2 Å². The first kappa shape index (κ1) is 16.0. The summed E-state index contributed by atoms with van der Waals surface area (Å²) in [5.74, 6) is 0.596. The second-order valence-electron chi connectivity index (χ2n) is 6.20.